The lowest BCUT2D eigenvalue weighted by molar-refractivity contribution is -0.146. The third-order valence-electron chi connectivity index (χ3n) is 8.60. The van der Waals surface area contributed by atoms with Crippen LogP contribution in [-0.2, 0) is 30.6 Å². The van der Waals surface area contributed by atoms with Gasteiger partial charge in [0.25, 0.3) is 0 Å². The van der Waals surface area contributed by atoms with E-state index in [1.165, 1.54) is 0 Å². The van der Waals surface area contributed by atoms with Crippen LogP contribution >= 0.6 is 34.8 Å². The Bertz CT molecular complexity index is 1620. The number of hydrogen-bond donors (Lipinski definition) is 1. The van der Waals surface area contributed by atoms with Gasteiger partial charge in [0.1, 0.15) is 15.8 Å². The first-order valence-electron chi connectivity index (χ1n) is 13.3. The van der Waals surface area contributed by atoms with E-state index in [4.69, 9.17) is 34.8 Å². The van der Waals surface area contributed by atoms with Crippen LogP contribution in [0, 0.1) is 11.8 Å². The highest BCUT2D eigenvalue weighted by molar-refractivity contribution is 6.36. The molecule has 1 fully saturated rings. The fourth-order valence-electron chi connectivity index (χ4n) is 6.93. The van der Waals surface area contributed by atoms with E-state index >= 15 is 0 Å². The number of rotatable bonds is 5. The van der Waals surface area contributed by atoms with E-state index in [0.29, 0.717) is 33.0 Å². The Balaban J connectivity index is 1.37. The zero-order valence-electron chi connectivity index (χ0n) is 21.6. The summed E-state index contributed by atoms with van der Waals surface area (Å²) in [5.74, 6) is -3.50. The summed E-state index contributed by atoms with van der Waals surface area (Å²) in [4.78, 5) is 41.4. The molecule has 0 aromatic heterocycles. The highest BCUT2D eigenvalue weighted by atomic mass is 35.5. The number of carbonyl (C=O) groups excluding carboxylic acids is 3. The average Bonchev–Trinajstić information content (AvgIpc) is 3.26. The van der Waals surface area contributed by atoms with Crippen LogP contribution in [0.4, 0.5) is 5.69 Å². The number of hydrogen-bond acceptors (Lipinski definition) is 3. The molecule has 5 nitrogen and oxygen atoms in total. The molecular weight excluding hydrogens is 579 g/mol. The average molecular weight is 602 g/mol. The lowest BCUT2D eigenvalue weighted by Crippen LogP contribution is -2.57. The van der Waals surface area contributed by atoms with Gasteiger partial charge in [0.05, 0.1) is 11.8 Å². The second-order valence-corrected chi connectivity index (χ2v) is 12.4. The van der Waals surface area contributed by atoms with Crippen molar-refractivity contribution in [2.24, 2.45) is 11.8 Å². The molecule has 204 valence electrons. The van der Waals surface area contributed by atoms with Crippen LogP contribution in [0.25, 0.3) is 0 Å². The predicted molar refractivity (Wildman–Crippen MR) is 159 cm³/mol. The second-order valence-electron chi connectivity index (χ2n) is 10.7. The van der Waals surface area contributed by atoms with E-state index in [0.717, 1.165) is 10.5 Å². The van der Waals surface area contributed by atoms with Crippen LogP contribution in [0.3, 0.4) is 0 Å². The Kier molecular flexibility index (Phi) is 6.06. The molecule has 8 heteroatoms. The molecule has 4 aliphatic rings. The Morgan fingerprint density at radius 3 is 1.71 bits per heavy atom. The molecule has 1 N–H and O–H groups in total. The number of likely N-dealkylation sites (tertiary alicyclic amines) is 1. The van der Waals surface area contributed by atoms with Crippen LogP contribution in [0.15, 0.2) is 103 Å². The molecular formula is C33H23Cl3N2O3. The lowest BCUT2D eigenvalue weighted by Gasteiger charge is -2.54. The number of halogens is 3. The molecule has 3 amide bonds. The van der Waals surface area contributed by atoms with Crippen molar-refractivity contribution in [1.29, 1.82) is 0 Å². The number of nitrogens with one attached hydrogen (secondary N) is 1. The molecule has 0 saturated carbocycles. The van der Waals surface area contributed by atoms with Crippen LogP contribution in [0.5, 0.6) is 0 Å². The summed E-state index contributed by atoms with van der Waals surface area (Å²) in [5, 5.41) is 3.30. The summed E-state index contributed by atoms with van der Waals surface area (Å²) in [6.07, 6.45) is 0.120. The van der Waals surface area contributed by atoms with Crippen LogP contribution in [0.1, 0.15) is 27.8 Å². The normalized spacial score (nSPS) is 26.3. The van der Waals surface area contributed by atoms with Crippen molar-refractivity contribution in [3.8, 4) is 0 Å². The Hall–Kier alpha value is -3.64. The minimum Gasteiger partial charge on any atom is -0.324 e. The van der Waals surface area contributed by atoms with Crippen LogP contribution in [0.2, 0.25) is 5.02 Å². The minimum absolute atomic E-state index is 0.120. The Labute approximate surface area is 252 Å². The molecule has 0 radical (unpaired) electrons. The van der Waals surface area contributed by atoms with Gasteiger partial charge < -0.3 is 5.32 Å². The molecule has 1 saturated heterocycles. The highest BCUT2D eigenvalue weighted by Gasteiger charge is 2.73. The molecule has 4 aromatic rings. The molecule has 2 bridgehead atoms. The number of anilines is 1. The Morgan fingerprint density at radius 1 is 0.732 bits per heavy atom. The van der Waals surface area contributed by atoms with Crippen molar-refractivity contribution in [1.82, 2.24) is 4.90 Å². The van der Waals surface area contributed by atoms with Gasteiger partial charge in [0.2, 0.25) is 17.7 Å². The Morgan fingerprint density at radius 2 is 1.22 bits per heavy atom. The molecule has 1 aliphatic heterocycles. The van der Waals surface area contributed by atoms with Gasteiger partial charge in [-0.3, -0.25) is 19.3 Å². The van der Waals surface area contributed by atoms with E-state index in [9.17, 15) is 14.4 Å². The summed E-state index contributed by atoms with van der Waals surface area (Å²) in [6, 6.07) is 29.8. The first-order chi connectivity index (χ1) is 19.8. The van der Waals surface area contributed by atoms with Gasteiger partial charge in [-0.25, -0.2) is 0 Å². The second kappa shape index (κ2) is 9.45. The monoisotopic (exact) mass is 600 g/mol. The van der Waals surface area contributed by atoms with Crippen LogP contribution < -0.4 is 5.32 Å². The number of benzene rings is 4. The lowest BCUT2D eigenvalue weighted by atomic mass is 9.54. The fraction of sp³-hybridized carbons (Fsp3) is 0.182. The summed E-state index contributed by atoms with van der Waals surface area (Å²) < 4.78 is 0. The molecule has 3 aliphatic carbocycles. The molecule has 0 spiro atoms. The summed E-state index contributed by atoms with van der Waals surface area (Å²) >= 11 is 21.3. The number of carbonyl (C=O) groups is 3. The maximum atomic E-state index is 14.5. The van der Waals surface area contributed by atoms with Gasteiger partial charge in [-0.1, -0.05) is 96.5 Å². The van der Waals surface area contributed by atoms with Crippen LogP contribution in [-0.4, -0.2) is 28.7 Å². The van der Waals surface area contributed by atoms with Gasteiger partial charge in [0.15, 0.2) is 0 Å². The molecule has 3 atom stereocenters. The van der Waals surface area contributed by atoms with Crippen molar-refractivity contribution in [2.45, 2.75) is 22.2 Å². The van der Waals surface area contributed by atoms with Crippen molar-refractivity contribution >= 4 is 58.2 Å². The van der Waals surface area contributed by atoms with E-state index in [1.807, 2.05) is 78.9 Å². The fourth-order valence-corrected chi connectivity index (χ4v) is 8.21. The van der Waals surface area contributed by atoms with Gasteiger partial charge in [-0.2, -0.15) is 0 Å². The van der Waals surface area contributed by atoms with Crippen molar-refractivity contribution in [2.75, 3.05) is 5.32 Å². The van der Waals surface area contributed by atoms with Crippen molar-refractivity contribution < 1.29 is 14.4 Å². The summed E-state index contributed by atoms with van der Waals surface area (Å²) in [6.45, 7) is 0. The summed E-state index contributed by atoms with van der Waals surface area (Å²) in [7, 11) is 0. The number of nitrogens with zero attached hydrogens (tertiary/aromatic N) is 1. The molecule has 0 unspecified atom stereocenters. The third kappa shape index (κ3) is 3.66. The third-order valence-corrected chi connectivity index (χ3v) is 10.1. The minimum atomic E-state index is -1.32. The maximum absolute atomic E-state index is 14.5. The predicted octanol–water partition coefficient (Wildman–Crippen LogP) is 6.48. The number of alkyl halides is 2. The SMILES string of the molecule is O=C(Nc1cccc(Cl)c1)[C@H](Cc1ccccc1)N1C(=O)[C@@H]2[C@H](C1=O)C1(Cl)c3ccccc3C2(Cl)c2ccccc21. The molecule has 41 heavy (non-hydrogen) atoms. The number of amides is 3. The highest BCUT2D eigenvalue weighted by Crippen LogP contribution is 2.69. The maximum Gasteiger partial charge on any atom is 0.248 e. The zero-order chi connectivity index (χ0) is 28.5. The molecule has 1 heterocycles. The summed E-state index contributed by atoms with van der Waals surface area (Å²) in [5.41, 5.74) is 4.10. The van der Waals surface area contributed by atoms with Crippen molar-refractivity contribution in [3.05, 3.63) is 136 Å². The first kappa shape index (κ1) is 26.3. The molecule has 8 rings (SSSR count). The largest absolute Gasteiger partial charge is 0.324 e. The van der Waals surface area contributed by atoms with Crippen molar-refractivity contribution in [3.63, 3.8) is 0 Å². The zero-order valence-corrected chi connectivity index (χ0v) is 23.8. The van der Waals surface area contributed by atoms with E-state index in [-0.39, 0.29) is 6.42 Å². The van der Waals surface area contributed by atoms with E-state index in [2.05, 4.69) is 5.32 Å². The van der Waals surface area contributed by atoms with Gasteiger partial charge in [-0.05, 0) is 46.0 Å². The van der Waals surface area contributed by atoms with Gasteiger partial charge in [0, 0.05) is 17.1 Å². The number of imide groups is 1. The van der Waals surface area contributed by atoms with E-state index in [1.54, 1.807) is 24.3 Å². The van der Waals surface area contributed by atoms with Gasteiger partial charge in [-0.15, -0.1) is 23.2 Å². The molecule has 4 aromatic carbocycles. The van der Waals surface area contributed by atoms with Gasteiger partial charge >= 0.3 is 0 Å². The topological polar surface area (TPSA) is 66.5 Å². The quantitative estimate of drug-likeness (QED) is 0.210. The first-order valence-corrected chi connectivity index (χ1v) is 14.4. The van der Waals surface area contributed by atoms with E-state index < -0.39 is 45.3 Å². The standard InChI is InChI=1S/C33H23Cl3N2O3/c34-20-11-8-12-21(18-20)37-29(39)26(17-19-9-2-1-3-10-19)38-30(40)27-28(31(38)41)33(36)23-14-5-4-13-22(23)32(27,35)24-15-6-7-16-25(24)33/h1-16,18,26-28H,17H2,(H,37,39)/t26-,27-,28+,32?,33?/m0/s1. The smallest absolute Gasteiger partial charge is 0.248 e.